The highest BCUT2D eigenvalue weighted by molar-refractivity contribution is 5.92. The predicted molar refractivity (Wildman–Crippen MR) is 108 cm³/mol. The maximum atomic E-state index is 12.9. The van der Waals surface area contributed by atoms with Crippen LogP contribution in [0.15, 0.2) is 41.3 Å². The largest absolute Gasteiger partial charge is 0.491 e. The second-order valence-electron chi connectivity index (χ2n) is 7.82. The number of hydrogen-bond donors (Lipinski definition) is 1. The molecule has 1 fully saturated rings. The summed E-state index contributed by atoms with van der Waals surface area (Å²) in [5.74, 6) is 0.0603. The van der Waals surface area contributed by atoms with Gasteiger partial charge in [0.25, 0.3) is 5.91 Å². The van der Waals surface area contributed by atoms with E-state index in [1.807, 2.05) is 7.05 Å². The van der Waals surface area contributed by atoms with Crippen molar-refractivity contribution in [2.45, 2.75) is 37.8 Å². The molecule has 28 heavy (non-hydrogen) atoms. The number of carbonyl (C=O) groups excluding carboxylic acids is 1. The van der Waals surface area contributed by atoms with Gasteiger partial charge in [-0.25, -0.2) is 0 Å². The number of likely N-dealkylation sites (N-methyl/N-ethyl adjacent to an activating group) is 1. The smallest absolute Gasteiger partial charge is 0.270 e. The number of H-pyrrole nitrogens is 1. The number of methoxy groups -OCH3 is 1. The van der Waals surface area contributed by atoms with E-state index in [1.165, 1.54) is 30.5 Å². The van der Waals surface area contributed by atoms with Crippen molar-refractivity contribution in [1.82, 2.24) is 14.8 Å². The van der Waals surface area contributed by atoms with Crippen molar-refractivity contribution >= 4 is 5.91 Å². The lowest BCUT2D eigenvalue weighted by Gasteiger charge is -2.40. The van der Waals surface area contributed by atoms with E-state index in [0.717, 1.165) is 38.8 Å². The molecule has 0 saturated carbocycles. The number of hydrogen-bond acceptors (Lipinski definition) is 4. The van der Waals surface area contributed by atoms with Gasteiger partial charge in [0.15, 0.2) is 5.75 Å². The fourth-order valence-electron chi connectivity index (χ4n) is 4.52. The predicted octanol–water partition coefficient (Wildman–Crippen LogP) is 2.09. The molecular formula is C22H27N3O3. The highest BCUT2D eigenvalue weighted by Gasteiger charge is 2.33. The molecule has 6 heteroatoms. The molecular weight excluding hydrogens is 354 g/mol. The molecule has 2 aliphatic rings. The number of aromatic amines is 1. The molecule has 1 aliphatic carbocycles. The number of carbonyl (C=O) groups is 1. The number of amides is 1. The van der Waals surface area contributed by atoms with Crippen LogP contribution in [0.2, 0.25) is 0 Å². The van der Waals surface area contributed by atoms with Crippen LogP contribution in [0.1, 0.15) is 34.5 Å². The van der Waals surface area contributed by atoms with Crippen molar-refractivity contribution < 1.29 is 9.53 Å². The number of benzene rings is 1. The minimum Gasteiger partial charge on any atom is -0.491 e. The highest BCUT2D eigenvalue weighted by atomic mass is 16.5. The van der Waals surface area contributed by atoms with Crippen LogP contribution in [-0.4, -0.2) is 60.0 Å². The van der Waals surface area contributed by atoms with Gasteiger partial charge in [-0.1, -0.05) is 24.3 Å². The van der Waals surface area contributed by atoms with E-state index < -0.39 is 0 Å². The lowest BCUT2D eigenvalue weighted by molar-refractivity contribution is 0.0550. The number of rotatable bonds is 4. The number of pyridine rings is 1. The summed E-state index contributed by atoms with van der Waals surface area (Å²) in [5, 5.41) is 0. The van der Waals surface area contributed by atoms with E-state index >= 15 is 0 Å². The summed E-state index contributed by atoms with van der Waals surface area (Å²) in [7, 11) is 3.28. The fraction of sp³-hybridized carbons (Fsp3) is 0.455. The van der Waals surface area contributed by atoms with Crippen molar-refractivity contribution in [2.75, 3.05) is 27.2 Å². The van der Waals surface area contributed by atoms with Gasteiger partial charge in [-0.15, -0.1) is 0 Å². The van der Waals surface area contributed by atoms with Crippen LogP contribution in [0.5, 0.6) is 5.75 Å². The molecule has 1 N–H and O–H groups in total. The van der Waals surface area contributed by atoms with Gasteiger partial charge in [0.2, 0.25) is 5.43 Å². The van der Waals surface area contributed by atoms with E-state index in [-0.39, 0.29) is 23.1 Å². The lowest BCUT2D eigenvalue weighted by Crippen LogP contribution is -2.52. The molecule has 6 nitrogen and oxygen atoms in total. The Hall–Kier alpha value is -2.60. The Morgan fingerprint density at radius 3 is 2.61 bits per heavy atom. The molecule has 1 aromatic carbocycles. The summed E-state index contributed by atoms with van der Waals surface area (Å²) >= 11 is 0. The number of nitrogens with zero attached hydrogens (tertiary/aromatic N) is 2. The van der Waals surface area contributed by atoms with Crippen LogP contribution >= 0.6 is 0 Å². The van der Waals surface area contributed by atoms with Crippen molar-refractivity contribution in [3.8, 4) is 5.75 Å². The Bertz CT molecular complexity index is 898. The molecule has 0 bridgehead atoms. The molecule has 1 atom stereocenters. The van der Waals surface area contributed by atoms with Crippen molar-refractivity contribution in [2.24, 2.45) is 0 Å². The van der Waals surface area contributed by atoms with E-state index in [9.17, 15) is 9.59 Å². The van der Waals surface area contributed by atoms with Gasteiger partial charge < -0.3 is 14.6 Å². The number of fused-ring (bicyclic) bond motifs is 1. The van der Waals surface area contributed by atoms with Gasteiger partial charge in [-0.3, -0.25) is 14.5 Å². The molecule has 2 heterocycles. The standard InChI is InChI=1S/C22H27N3O3/c1-24(22(27)19-12-20(26)21(28-2)13-23-19)17-8-5-9-25(14-17)18-10-15-6-3-4-7-16(15)11-18/h3-4,6-7,12-13,17-18H,5,8-11,14H2,1-2H3,(H,23,26)/t17-/m1/s1. The normalized spacial score (nSPS) is 20.0. The average molecular weight is 381 g/mol. The number of likely N-dealkylation sites (tertiary alicyclic amines) is 1. The molecule has 1 aromatic heterocycles. The van der Waals surface area contributed by atoms with Crippen molar-refractivity contribution in [3.63, 3.8) is 0 Å². The molecule has 2 aromatic rings. The third-order valence-corrected chi connectivity index (χ3v) is 6.17. The molecule has 1 saturated heterocycles. The molecule has 1 aliphatic heterocycles. The topological polar surface area (TPSA) is 65.6 Å². The summed E-state index contributed by atoms with van der Waals surface area (Å²) in [4.78, 5) is 32.1. The minimum atomic E-state index is -0.285. The highest BCUT2D eigenvalue weighted by Crippen LogP contribution is 2.28. The Balaban J connectivity index is 1.43. The summed E-state index contributed by atoms with van der Waals surface area (Å²) in [5.41, 5.74) is 2.93. The summed E-state index contributed by atoms with van der Waals surface area (Å²) in [6.07, 6.45) is 5.69. The first-order valence-corrected chi connectivity index (χ1v) is 9.91. The van der Waals surface area contributed by atoms with Gasteiger partial charge in [-0.2, -0.15) is 0 Å². The molecule has 1 amide bonds. The molecule has 0 unspecified atom stereocenters. The quantitative estimate of drug-likeness (QED) is 0.881. The van der Waals surface area contributed by atoms with Crippen LogP contribution in [0.3, 0.4) is 0 Å². The van der Waals surface area contributed by atoms with Crippen LogP contribution in [0.4, 0.5) is 0 Å². The zero-order valence-electron chi connectivity index (χ0n) is 16.5. The van der Waals surface area contributed by atoms with Crippen molar-refractivity contribution in [1.29, 1.82) is 0 Å². The number of nitrogens with one attached hydrogen (secondary N) is 1. The first-order chi connectivity index (χ1) is 13.6. The molecule has 0 radical (unpaired) electrons. The van der Waals surface area contributed by atoms with E-state index in [1.54, 1.807) is 4.90 Å². The van der Waals surface area contributed by atoms with Crippen LogP contribution in [0, 0.1) is 0 Å². The number of aromatic nitrogens is 1. The number of piperidine rings is 1. The van der Waals surface area contributed by atoms with Gasteiger partial charge in [0.1, 0.15) is 5.69 Å². The molecule has 4 rings (SSSR count). The second-order valence-corrected chi connectivity index (χ2v) is 7.82. The zero-order chi connectivity index (χ0) is 19.7. The van der Waals surface area contributed by atoms with Crippen LogP contribution < -0.4 is 10.2 Å². The minimum absolute atomic E-state index is 0.149. The van der Waals surface area contributed by atoms with Crippen molar-refractivity contribution in [3.05, 3.63) is 63.6 Å². The molecule has 148 valence electrons. The van der Waals surface area contributed by atoms with Gasteiger partial charge in [0.05, 0.1) is 7.11 Å². The maximum Gasteiger partial charge on any atom is 0.270 e. The van der Waals surface area contributed by atoms with Crippen LogP contribution in [0.25, 0.3) is 0 Å². The third kappa shape index (κ3) is 3.56. The first-order valence-electron chi connectivity index (χ1n) is 9.91. The zero-order valence-corrected chi connectivity index (χ0v) is 16.5. The Labute approximate surface area is 165 Å². The molecule has 0 spiro atoms. The maximum absolute atomic E-state index is 12.9. The van der Waals surface area contributed by atoms with E-state index in [4.69, 9.17) is 4.74 Å². The summed E-state index contributed by atoms with van der Waals surface area (Å²) in [6, 6.07) is 10.7. The van der Waals surface area contributed by atoms with Crippen LogP contribution in [-0.2, 0) is 12.8 Å². The summed E-state index contributed by atoms with van der Waals surface area (Å²) in [6.45, 7) is 1.96. The number of ether oxygens (including phenoxy) is 1. The lowest BCUT2D eigenvalue weighted by atomic mass is 10.0. The Morgan fingerprint density at radius 1 is 1.25 bits per heavy atom. The monoisotopic (exact) mass is 381 g/mol. The SMILES string of the molecule is COc1c[nH]c(C(=O)N(C)[C@@H]2CCCN(C3Cc4ccccc4C3)C2)cc1=O. The fourth-order valence-corrected chi connectivity index (χ4v) is 4.52. The third-order valence-electron chi connectivity index (χ3n) is 6.17. The van der Waals surface area contributed by atoms with Gasteiger partial charge in [-0.05, 0) is 43.4 Å². The van der Waals surface area contributed by atoms with E-state index in [0.29, 0.717) is 11.7 Å². The Morgan fingerprint density at radius 2 is 1.96 bits per heavy atom. The Kier molecular flexibility index (Phi) is 5.22. The average Bonchev–Trinajstić information content (AvgIpc) is 3.17. The van der Waals surface area contributed by atoms with E-state index in [2.05, 4.69) is 34.1 Å². The summed E-state index contributed by atoms with van der Waals surface area (Å²) < 4.78 is 4.98. The first kappa shape index (κ1) is 18.7. The van der Waals surface area contributed by atoms with Gasteiger partial charge >= 0.3 is 0 Å². The second kappa shape index (κ2) is 7.80. The van der Waals surface area contributed by atoms with Gasteiger partial charge in [0, 0.05) is 37.9 Å².